The van der Waals surface area contributed by atoms with Crippen LogP contribution in [0.2, 0.25) is 0 Å². The molecule has 5 aromatic rings. The van der Waals surface area contributed by atoms with Crippen LogP contribution in [0.25, 0.3) is 22.3 Å². The molecule has 7 rings (SSSR count). The summed E-state index contributed by atoms with van der Waals surface area (Å²) in [7, 11) is 0. The molecule has 0 amide bonds. The molecule has 0 aromatic heterocycles. The molecule has 15 N–H and O–H groups in total. The smallest absolute Gasteiger partial charge is 0.339 e. The molecule has 4 atom stereocenters. The predicted molar refractivity (Wildman–Crippen MR) is 208 cm³/mol. The van der Waals surface area contributed by atoms with Gasteiger partial charge in [0.15, 0.2) is 93.9 Å². The maximum absolute atomic E-state index is 14.5. The third kappa shape index (κ3) is 7.39. The van der Waals surface area contributed by atoms with E-state index < -0.39 is 197 Å². The highest BCUT2D eigenvalue weighted by Gasteiger charge is 2.48. The summed E-state index contributed by atoms with van der Waals surface area (Å²) < 4.78 is 27.1. The van der Waals surface area contributed by atoms with E-state index in [-0.39, 0.29) is 6.29 Å². The van der Waals surface area contributed by atoms with Crippen LogP contribution < -0.4 is 0 Å². The Labute approximate surface area is 368 Å². The van der Waals surface area contributed by atoms with E-state index in [1.165, 1.54) is 0 Å². The first-order valence-electron chi connectivity index (χ1n) is 18.3. The zero-order valence-corrected chi connectivity index (χ0v) is 32.8. The molecule has 2 aliphatic rings. The number of aldehydes is 1. The average Bonchev–Trinajstić information content (AvgIpc) is 3.29. The van der Waals surface area contributed by atoms with Crippen LogP contribution in [0.15, 0.2) is 36.4 Å². The van der Waals surface area contributed by atoms with Crippen molar-refractivity contribution in [3.8, 4) is 108 Å². The van der Waals surface area contributed by atoms with Gasteiger partial charge in [0, 0.05) is 22.3 Å². The second kappa shape index (κ2) is 16.3. The van der Waals surface area contributed by atoms with Crippen molar-refractivity contribution in [1.82, 2.24) is 0 Å². The van der Waals surface area contributed by atoms with Gasteiger partial charge in [-0.1, -0.05) is 0 Å². The molecule has 5 aromatic carbocycles. The van der Waals surface area contributed by atoms with Gasteiger partial charge < -0.3 is 100 Å². The van der Waals surface area contributed by atoms with Crippen LogP contribution in [0.4, 0.5) is 0 Å². The first-order valence-corrected chi connectivity index (χ1v) is 18.3. The number of carbonyl (C=O) groups is 6. The fraction of sp³-hybridized carbons (Fsp3) is 0.122. The lowest BCUT2D eigenvalue weighted by atomic mass is 9.91. The number of carbonyl (C=O) groups excluding carboxylic acids is 6. The van der Waals surface area contributed by atoms with Gasteiger partial charge in [-0.05, 0) is 36.4 Å². The number of phenolic OH excluding ortho intramolecular Hbond substituents is 15. The summed E-state index contributed by atoms with van der Waals surface area (Å²) in [4.78, 5) is 83.6. The van der Waals surface area contributed by atoms with Crippen molar-refractivity contribution in [1.29, 1.82) is 0 Å². The fourth-order valence-electron chi connectivity index (χ4n) is 7.00. The van der Waals surface area contributed by atoms with Crippen LogP contribution in [-0.2, 0) is 28.5 Å². The highest BCUT2D eigenvalue weighted by molar-refractivity contribution is 6.10. The molecule has 2 heterocycles. The molecule has 26 nitrogen and oxygen atoms in total. The standard InChI is InChI=1S/C41H28O26/c42-7-20-35(66-40(61)13-6-19(48)30(53)34(57)25(13)23-11(39(60)64-20)4-17(46)28(51)32(23)55)36-21(65-37(58)9-1-14(43)26(49)15(44)2-9)8-63-38(59)10-3-16(45)27(50)31(54)22(10)24-12(41(62)67-36)5-18(47)29(52)33(24)56/h1-7,20-21,35-36,43-57H,8H2/t20-,21-,35-,36+/m0/s1. The number of phenols is 15. The first kappa shape index (κ1) is 45.2. The van der Waals surface area contributed by atoms with Crippen molar-refractivity contribution < 1.29 is 129 Å². The molecule has 0 radical (unpaired) electrons. The first-order chi connectivity index (χ1) is 31.5. The van der Waals surface area contributed by atoms with Crippen LogP contribution in [-0.4, -0.2) is 144 Å². The number of cyclic esters (lactones) is 4. The highest BCUT2D eigenvalue weighted by atomic mass is 16.6. The number of hydrogen-bond donors (Lipinski definition) is 15. The summed E-state index contributed by atoms with van der Waals surface area (Å²) in [5, 5.41) is 158. The summed E-state index contributed by atoms with van der Waals surface area (Å²) in [5.41, 5.74) is -10.0. The van der Waals surface area contributed by atoms with E-state index in [9.17, 15) is 105 Å². The molecule has 2 aliphatic heterocycles. The largest absolute Gasteiger partial charge is 0.504 e. The van der Waals surface area contributed by atoms with Crippen LogP contribution >= 0.6 is 0 Å². The minimum atomic E-state index is -2.81. The zero-order chi connectivity index (χ0) is 49.2. The summed E-state index contributed by atoms with van der Waals surface area (Å²) >= 11 is 0. The van der Waals surface area contributed by atoms with Crippen molar-refractivity contribution in [2.24, 2.45) is 0 Å². The van der Waals surface area contributed by atoms with E-state index in [1.54, 1.807) is 0 Å². The summed E-state index contributed by atoms with van der Waals surface area (Å²) in [6, 6.07) is 2.44. The third-order valence-corrected chi connectivity index (χ3v) is 10.2. The van der Waals surface area contributed by atoms with Gasteiger partial charge >= 0.3 is 29.8 Å². The fourth-order valence-corrected chi connectivity index (χ4v) is 7.00. The second-order valence-electron chi connectivity index (χ2n) is 14.2. The molecule has 0 fully saturated rings. The molecule has 0 saturated carbocycles. The van der Waals surface area contributed by atoms with Crippen LogP contribution in [0.3, 0.4) is 0 Å². The Hall–Kier alpha value is -9.88. The van der Waals surface area contributed by atoms with E-state index in [0.717, 1.165) is 0 Å². The maximum Gasteiger partial charge on any atom is 0.339 e. The van der Waals surface area contributed by atoms with Gasteiger partial charge in [0.25, 0.3) is 0 Å². The van der Waals surface area contributed by atoms with Gasteiger partial charge in [0.05, 0.1) is 27.8 Å². The lowest BCUT2D eigenvalue weighted by Crippen LogP contribution is -2.54. The van der Waals surface area contributed by atoms with Gasteiger partial charge in [-0.2, -0.15) is 0 Å². The number of hydrogen-bond acceptors (Lipinski definition) is 26. The zero-order valence-electron chi connectivity index (χ0n) is 32.8. The Morgan fingerprint density at radius 3 is 1.15 bits per heavy atom. The number of fused-ring (bicyclic) bond motifs is 6. The monoisotopic (exact) mass is 936 g/mol. The maximum atomic E-state index is 14.5. The molecule has 0 spiro atoms. The minimum absolute atomic E-state index is 0.319. The number of benzene rings is 5. The summed E-state index contributed by atoms with van der Waals surface area (Å²) in [6.45, 7) is -1.51. The number of ether oxygens (including phenoxy) is 5. The Bertz CT molecular complexity index is 3000. The second-order valence-corrected chi connectivity index (χ2v) is 14.2. The number of rotatable bonds is 4. The quantitative estimate of drug-likeness (QED) is 0.0525. The van der Waals surface area contributed by atoms with E-state index in [4.69, 9.17) is 23.7 Å². The topological polar surface area (TPSA) is 452 Å². The molecule has 0 saturated heterocycles. The molecule has 348 valence electrons. The Balaban J connectivity index is 1.51. The van der Waals surface area contributed by atoms with Gasteiger partial charge in [-0.15, -0.1) is 0 Å². The van der Waals surface area contributed by atoms with Crippen LogP contribution in [0.5, 0.6) is 86.2 Å². The Morgan fingerprint density at radius 2 is 0.776 bits per heavy atom. The van der Waals surface area contributed by atoms with Crippen LogP contribution in [0, 0.1) is 0 Å². The molecule has 0 aliphatic carbocycles. The van der Waals surface area contributed by atoms with Crippen molar-refractivity contribution in [3.63, 3.8) is 0 Å². The van der Waals surface area contributed by atoms with E-state index in [1.807, 2.05) is 0 Å². The predicted octanol–water partition coefficient (Wildman–Crippen LogP) is 1.49. The van der Waals surface area contributed by atoms with Crippen LogP contribution in [0.1, 0.15) is 51.8 Å². The summed E-state index contributed by atoms with van der Waals surface area (Å²) in [5.74, 6) is -29.6. The lowest BCUT2D eigenvalue weighted by Gasteiger charge is -2.35. The lowest BCUT2D eigenvalue weighted by molar-refractivity contribution is -0.143. The number of aromatic hydroxyl groups is 15. The Kier molecular flexibility index (Phi) is 11.0. The molecule has 0 unspecified atom stereocenters. The van der Waals surface area contributed by atoms with E-state index in [0.29, 0.717) is 36.4 Å². The molecule has 67 heavy (non-hydrogen) atoms. The number of esters is 5. The van der Waals surface area contributed by atoms with E-state index >= 15 is 0 Å². The normalized spacial score (nSPS) is 18.2. The molecule has 26 heteroatoms. The Morgan fingerprint density at radius 1 is 0.448 bits per heavy atom. The van der Waals surface area contributed by atoms with Gasteiger partial charge in [0.2, 0.25) is 23.0 Å². The molecule has 0 bridgehead atoms. The molecular formula is C41H28O26. The van der Waals surface area contributed by atoms with Gasteiger partial charge in [0.1, 0.15) is 6.61 Å². The van der Waals surface area contributed by atoms with Crippen molar-refractivity contribution >= 4 is 36.1 Å². The van der Waals surface area contributed by atoms with Crippen molar-refractivity contribution in [3.05, 3.63) is 64.2 Å². The van der Waals surface area contributed by atoms with E-state index in [2.05, 4.69) is 0 Å². The van der Waals surface area contributed by atoms with Gasteiger partial charge in [-0.3, -0.25) is 4.79 Å². The van der Waals surface area contributed by atoms with Crippen molar-refractivity contribution in [2.75, 3.05) is 6.61 Å². The molecular weight excluding hydrogens is 908 g/mol. The third-order valence-electron chi connectivity index (χ3n) is 10.2. The van der Waals surface area contributed by atoms with Gasteiger partial charge in [-0.25, -0.2) is 24.0 Å². The SMILES string of the molecule is O=C[C@@H]1OC(=O)c2cc(O)c(O)c(O)c2-c2c(cc(O)c(O)c2O)C(=O)O[C@@H]1[C@@H]1OC(=O)c2cc(O)c(O)c(O)c2-c2c(cc(O)c(O)c2O)C(=O)OC[C@@H]1OC(=O)c1cc(O)c(O)c(O)c1. The minimum Gasteiger partial charge on any atom is -0.504 e. The van der Waals surface area contributed by atoms with Crippen molar-refractivity contribution in [2.45, 2.75) is 24.4 Å². The average molecular weight is 937 g/mol. The summed E-state index contributed by atoms with van der Waals surface area (Å²) in [6.07, 6.45) is -11.2. The highest BCUT2D eigenvalue weighted by Crippen LogP contribution is 2.55.